The van der Waals surface area contributed by atoms with Crippen LogP contribution in [0.25, 0.3) is 10.8 Å². The highest BCUT2D eigenvalue weighted by atomic mass is 19.4. The van der Waals surface area contributed by atoms with E-state index >= 15 is 0 Å². The second-order valence-electron chi connectivity index (χ2n) is 8.08. The number of benzene rings is 2. The topological polar surface area (TPSA) is 45.2 Å². The molecule has 1 aliphatic rings. The van der Waals surface area contributed by atoms with Gasteiger partial charge in [-0.3, -0.25) is 4.98 Å². The van der Waals surface area contributed by atoms with Gasteiger partial charge >= 0.3 is 6.18 Å². The van der Waals surface area contributed by atoms with E-state index in [-0.39, 0.29) is 0 Å². The minimum absolute atomic E-state index is 0.590. The molecule has 33 heavy (non-hydrogen) atoms. The van der Waals surface area contributed by atoms with Crippen molar-refractivity contribution in [3.8, 4) is 0 Å². The second kappa shape index (κ2) is 8.69. The third-order valence-corrected chi connectivity index (χ3v) is 5.96. The number of rotatable bonds is 4. The lowest BCUT2D eigenvalue weighted by Crippen LogP contribution is -2.47. The Hall–Kier alpha value is -3.68. The van der Waals surface area contributed by atoms with E-state index in [1.807, 2.05) is 41.4 Å². The summed E-state index contributed by atoms with van der Waals surface area (Å²) in [4.78, 5) is 8.32. The molecule has 4 aromatic rings. The predicted octanol–water partition coefficient (Wildman–Crippen LogP) is 4.96. The number of nitrogens with zero attached hydrogens (tertiary/aromatic N) is 5. The monoisotopic (exact) mass is 449 g/mol. The average molecular weight is 449 g/mol. The lowest BCUT2D eigenvalue weighted by atomic mass is 10.0. The Labute approximate surface area is 189 Å². The van der Waals surface area contributed by atoms with Gasteiger partial charge in [0, 0.05) is 61.5 Å². The molecule has 0 unspecified atom stereocenters. The molecule has 1 aliphatic heterocycles. The van der Waals surface area contributed by atoms with Crippen molar-refractivity contribution in [2.45, 2.75) is 12.6 Å². The highest BCUT2D eigenvalue weighted by molar-refractivity contribution is 5.93. The zero-order chi connectivity index (χ0) is 22.8. The molecule has 8 heteroatoms. The summed E-state index contributed by atoms with van der Waals surface area (Å²) in [5.41, 5.74) is 1.93. The smallest absolute Gasteiger partial charge is 0.368 e. The molecule has 3 heterocycles. The molecule has 5 rings (SSSR count). The predicted molar refractivity (Wildman–Crippen MR) is 122 cm³/mol. The highest BCUT2D eigenvalue weighted by Crippen LogP contribution is 2.33. The van der Waals surface area contributed by atoms with Crippen molar-refractivity contribution in [2.75, 3.05) is 36.0 Å². The number of halogens is 3. The summed E-state index contributed by atoms with van der Waals surface area (Å²) in [5, 5.41) is 11.2. The van der Waals surface area contributed by atoms with Crippen LogP contribution in [0, 0.1) is 0 Å². The van der Waals surface area contributed by atoms with E-state index in [0.717, 1.165) is 33.9 Å². The van der Waals surface area contributed by atoms with Gasteiger partial charge < -0.3 is 9.80 Å². The molecule has 2 aromatic carbocycles. The van der Waals surface area contributed by atoms with Crippen LogP contribution in [-0.4, -0.2) is 41.4 Å². The molecule has 0 radical (unpaired) electrons. The van der Waals surface area contributed by atoms with E-state index in [1.54, 1.807) is 12.3 Å². The van der Waals surface area contributed by atoms with E-state index in [9.17, 15) is 13.2 Å². The Morgan fingerprint density at radius 1 is 0.788 bits per heavy atom. The van der Waals surface area contributed by atoms with E-state index in [2.05, 4.69) is 26.1 Å². The normalized spacial score (nSPS) is 14.6. The fraction of sp³-hybridized carbons (Fsp3) is 0.240. The first-order chi connectivity index (χ1) is 16.0. The number of hydrogen-bond donors (Lipinski definition) is 0. The van der Waals surface area contributed by atoms with Gasteiger partial charge in [-0.15, -0.1) is 5.10 Å². The lowest BCUT2D eigenvalue weighted by molar-refractivity contribution is -0.137. The van der Waals surface area contributed by atoms with Crippen LogP contribution in [0.4, 0.5) is 24.7 Å². The number of hydrogen-bond acceptors (Lipinski definition) is 5. The van der Waals surface area contributed by atoms with Crippen molar-refractivity contribution in [3.05, 3.63) is 89.9 Å². The van der Waals surface area contributed by atoms with Crippen LogP contribution in [0.15, 0.2) is 73.1 Å². The summed E-state index contributed by atoms with van der Waals surface area (Å²) >= 11 is 0. The molecule has 1 saturated heterocycles. The average Bonchev–Trinajstić information content (AvgIpc) is 2.85. The molecule has 0 saturated carbocycles. The first kappa shape index (κ1) is 21.2. The van der Waals surface area contributed by atoms with E-state index in [4.69, 9.17) is 0 Å². The Morgan fingerprint density at radius 3 is 2.27 bits per heavy atom. The molecule has 0 spiro atoms. The molecule has 0 bridgehead atoms. The Kier molecular flexibility index (Phi) is 5.58. The highest BCUT2D eigenvalue weighted by Gasteiger charge is 2.31. The van der Waals surface area contributed by atoms with E-state index < -0.39 is 11.7 Å². The van der Waals surface area contributed by atoms with Gasteiger partial charge in [-0.05, 0) is 29.8 Å². The van der Waals surface area contributed by atoms with Crippen LogP contribution >= 0.6 is 0 Å². The Bertz CT molecular complexity index is 1250. The molecule has 2 aromatic heterocycles. The molecule has 1 fully saturated rings. The maximum Gasteiger partial charge on any atom is 0.416 e. The maximum atomic E-state index is 13.1. The summed E-state index contributed by atoms with van der Waals surface area (Å²) in [7, 11) is 0. The van der Waals surface area contributed by atoms with E-state index in [1.165, 1.54) is 12.1 Å². The van der Waals surface area contributed by atoms with Crippen LogP contribution in [0.1, 0.15) is 16.8 Å². The first-order valence-electron chi connectivity index (χ1n) is 10.8. The standard InChI is InChI=1S/C25H22F3N5/c26-25(27,28)19-6-3-7-20(16-19)32-11-13-33(14-12-32)24-22-9-2-1-8-21(22)23(30-31-24)15-18-5-4-10-29-17-18/h1-10,16-17H,11-15H2. The van der Waals surface area contributed by atoms with Crippen LogP contribution in [-0.2, 0) is 12.6 Å². The SMILES string of the molecule is FC(F)(F)c1cccc(N2CCN(c3nnc(Cc4cccnc4)c4ccccc34)CC2)c1. The lowest BCUT2D eigenvalue weighted by Gasteiger charge is -2.37. The number of anilines is 2. The molecule has 0 aliphatic carbocycles. The van der Waals surface area contributed by atoms with Gasteiger partial charge in [-0.25, -0.2) is 0 Å². The van der Waals surface area contributed by atoms with Crippen molar-refractivity contribution in [1.29, 1.82) is 0 Å². The summed E-state index contributed by atoms with van der Waals surface area (Å²) in [5.74, 6) is 0.809. The number of piperazine rings is 1. The quantitative estimate of drug-likeness (QED) is 0.441. The summed E-state index contributed by atoms with van der Waals surface area (Å²) in [6, 6.07) is 17.5. The van der Waals surface area contributed by atoms with Crippen molar-refractivity contribution >= 4 is 22.3 Å². The summed E-state index contributed by atoms with van der Waals surface area (Å²) < 4.78 is 39.3. The van der Waals surface area contributed by atoms with Crippen LogP contribution in [0.3, 0.4) is 0 Å². The fourth-order valence-corrected chi connectivity index (χ4v) is 4.26. The number of alkyl halides is 3. The summed E-state index contributed by atoms with van der Waals surface area (Å²) in [6.07, 6.45) is -0.123. The van der Waals surface area contributed by atoms with Gasteiger partial charge in [0.15, 0.2) is 5.82 Å². The minimum atomic E-state index is -4.34. The van der Waals surface area contributed by atoms with Crippen LogP contribution < -0.4 is 9.80 Å². The number of aromatic nitrogens is 3. The van der Waals surface area contributed by atoms with Crippen LogP contribution in [0.2, 0.25) is 0 Å². The zero-order valence-electron chi connectivity index (χ0n) is 17.8. The Balaban J connectivity index is 1.37. The molecular weight excluding hydrogens is 427 g/mol. The van der Waals surface area contributed by atoms with Crippen LogP contribution in [0.5, 0.6) is 0 Å². The van der Waals surface area contributed by atoms with Crippen molar-refractivity contribution in [3.63, 3.8) is 0 Å². The molecule has 0 atom stereocenters. The third kappa shape index (κ3) is 4.46. The van der Waals surface area contributed by atoms with Gasteiger partial charge in [-0.2, -0.15) is 18.3 Å². The van der Waals surface area contributed by atoms with Crippen molar-refractivity contribution in [2.24, 2.45) is 0 Å². The third-order valence-electron chi connectivity index (χ3n) is 5.96. The van der Waals surface area contributed by atoms with Gasteiger partial charge in [-0.1, -0.05) is 36.4 Å². The second-order valence-corrected chi connectivity index (χ2v) is 8.08. The number of pyridine rings is 1. The minimum Gasteiger partial charge on any atom is -0.368 e. The van der Waals surface area contributed by atoms with Crippen molar-refractivity contribution in [1.82, 2.24) is 15.2 Å². The van der Waals surface area contributed by atoms with Gasteiger partial charge in [0.05, 0.1) is 11.3 Å². The first-order valence-corrected chi connectivity index (χ1v) is 10.8. The summed E-state index contributed by atoms with van der Waals surface area (Å²) in [6.45, 7) is 2.51. The van der Waals surface area contributed by atoms with Crippen molar-refractivity contribution < 1.29 is 13.2 Å². The Morgan fingerprint density at radius 2 is 1.55 bits per heavy atom. The van der Waals surface area contributed by atoms with Gasteiger partial charge in [0.1, 0.15) is 0 Å². The molecular formula is C25H22F3N5. The maximum absolute atomic E-state index is 13.1. The van der Waals surface area contributed by atoms with Gasteiger partial charge in [0.2, 0.25) is 0 Å². The zero-order valence-corrected chi connectivity index (χ0v) is 17.8. The molecule has 0 amide bonds. The number of fused-ring (bicyclic) bond motifs is 1. The van der Waals surface area contributed by atoms with Gasteiger partial charge in [0.25, 0.3) is 0 Å². The fourth-order valence-electron chi connectivity index (χ4n) is 4.26. The molecule has 0 N–H and O–H groups in total. The molecule has 168 valence electrons. The molecule has 5 nitrogen and oxygen atoms in total. The largest absolute Gasteiger partial charge is 0.416 e. The van der Waals surface area contributed by atoms with E-state index in [0.29, 0.717) is 38.3 Å².